The molecule has 1 rings (SSSR count). The molecule has 0 atom stereocenters. The van der Waals surface area contributed by atoms with Gasteiger partial charge in [-0.1, -0.05) is 0 Å². The van der Waals surface area contributed by atoms with Crippen LogP contribution >= 0.6 is 0 Å². The number of carbonyl (C=O) groups excluding carboxylic acids is 1. The molecule has 0 spiro atoms. The fraction of sp³-hybridized carbons (Fsp3) is 0.889. The SMILES string of the molecule is CN(C)CC(=O)NCC1(CO)CC1. The van der Waals surface area contributed by atoms with E-state index >= 15 is 0 Å². The highest BCUT2D eigenvalue weighted by molar-refractivity contribution is 5.78. The van der Waals surface area contributed by atoms with Crippen LogP contribution in [0.3, 0.4) is 0 Å². The lowest BCUT2D eigenvalue weighted by atomic mass is 10.1. The average Bonchev–Trinajstić information content (AvgIpc) is 2.80. The first-order valence-corrected chi connectivity index (χ1v) is 4.60. The Kier molecular flexibility index (Phi) is 3.27. The lowest BCUT2D eigenvalue weighted by Gasteiger charge is -2.14. The van der Waals surface area contributed by atoms with E-state index < -0.39 is 0 Å². The third kappa shape index (κ3) is 3.32. The van der Waals surface area contributed by atoms with Gasteiger partial charge in [-0.25, -0.2) is 0 Å². The summed E-state index contributed by atoms with van der Waals surface area (Å²) in [6, 6.07) is 0. The zero-order chi connectivity index (χ0) is 9.90. The number of hydrogen-bond donors (Lipinski definition) is 2. The first-order valence-electron chi connectivity index (χ1n) is 4.60. The molecule has 1 amide bonds. The Labute approximate surface area is 78.9 Å². The molecular formula is C9H18N2O2. The van der Waals surface area contributed by atoms with Gasteiger partial charge in [0.1, 0.15) is 0 Å². The minimum atomic E-state index is 0.0158. The predicted molar refractivity (Wildman–Crippen MR) is 50.3 cm³/mol. The molecule has 76 valence electrons. The largest absolute Gasteiger partial charge is 0.396 e. The molecular weight excluding hydrogens is 168 g/mol. The van der Waals surface area contributed by atoms with E-state index in [2.05, 4.69) is 5.32 Å². The van der Waals surface area contributed by atoms with Gasteiger partial charge in [-0.15, -0.1) is 0 Å². The number of rotatable bonds is 5. The Morgan fingerprint density at radius 2 is 2.15 bits per heavy atom. The summed E-state index contributed by atoms with van der Waals surface area (Å²) in [5.74, 6) is 0.0322. The number of nitrogens with zero attached hydrogens (tertiary/aromatic N) is 1. The maximum absolute atomic E-state index is 11.2. The van der Waals surface area contributed by atoms with Crippen LogP contribution in [-0.4, -0.2) is 49.7 Å². The van der Waals surface area contributed by atoms with E-state index in [4.69, 9.17) is 5.11 Å². The van der Waals surface area contributed by atoms with Gasteiger partial charge in [0.15, 0.2) is 0 Å². The summed E-state index contributed by atoms with van der Waals surface area (Å²) in [4.78, 5) is 13.0. The van der Waals surface area contributed by atoms with E-state index in [0.717, 1.165) is 12.8 Å². The number of likely N-dealkylation sites (N-methyl/N-ethyl adjacent to an activating group) is 1. The van der Waals surface area contributed by atoms with Crippen LogP contribution in [0.4, 0.5) is 0 Å². The molecule has 0 aliphatic heterocycles. The van der Waals surface area contributed by atoms with Crippen LogP contribution in [0.2, 0.25) is 0 Å². The number of aliphatic hydroxyl groups is 1. The molecule has 1 fully saturated rings. The highest BCUT2D eigenvalue weighted by Gasteiger charge is 2.41. The highest BCUT2D eigenvalue weighted by Crippen LogP contribution is 2.44. The van der Waals surface area contributed by atoms with Gasteiger partial charge >= 0.3 is 0 Å². The van der Waals surface area contributed by atoms with Gasteiger partial charge < -0.3 is 15.3 Å². The van der Waals surface area contributed by atoms with Crippen molar-refractivity contribution in [3.63, 3.8) is 0 Å². The van der Waals surface area contributed by atoms with Gasteiger partial charge in [-0.2, -0.15) is 0 Å². The Bertz CT molecular complexity index is 188. The Morgan fingerprint density at radius 3 is 2.54 bits per heavy atom. The van der Waals surface area contributed by atoms with Crippen LogP contribution in [0.25, 0.3) is 0 Å². The second-order valence-corrected chi connectivity index (χ2v) is 4.17. The Morgan fingerprint density at radius 1 is 1.54 bits per heavy atom. The Balaban J connectivity index is 2.15. The lowest BCUT2D eigenvalue weighted by molar-refractivity contribution is -0.122. The highest BCUT2D eigenvalue weighted by atomic mass is 16.3. The summed E-state index contributed by atoms with van der Waals surface area (Å²) in [7, 11) is 3.72. The zero-order valence-electron chi connectivity index (χ0n) is 8.34. The lowest BCUT2D eigenvalue weighted by Crippen LogP contribution is -2.37. The summed E-state index contributed by atoms with van der Waals surface area (Å²) in [6.07, 6.45) is 2.07. The molecule has 0 aromatic heterocycles. The predicted octanol–water partition coefficient (Wildman–Crippen LogP) is -0.563. The number of aliphatic hydroxyl groups excluding tert-OH is 1. The van der Waals surface area contributed by atoms with Crippen molar-refractivity contribution in [3.8, 4) is 0 Å². The van der Waals surface area contributed by atoms with Crippen molar-refractivity contribution < 1.29 is 9.90 Å². The molecule has 2 N–H and O–H groups in total. The van der Waals surface area contributed by atoms with Crippen molar-refractivity contribution in [2.24, 2.45) is 5.41 Å². The van der Waals surface area contributed by atoms with Crippen molar-refractivity contribution >= 4 is 5.91 Å². The topological polar surface area (TPSA) is 52.6 Å². The fourth-order valence-electron chi connectivity index (χ4n) is 1.20. The normalized spacial score (nSPS) is 18.8. The first kappa shape index (κ1) is 10.5. The molecule has 0 heterocycles. The van der Waals surface area contributed by atoms with Crippen molar-refractivity contribution in [1.29, 1.82) is 0 Å². The summed E-state index contributed by atoms with van der Waals surface area (Å²) in [5, 5.41) is 11.8. The third-order valence-corrected chi connectivity index (χ3v) is 2.41. The molecule has 4 heteroatoms. The zero-order valence-corrected chi connectivity index (χ0v) is 8.34. The molecule has 0 unspecified atom stereocenters. The second kappa shape index (κ2) is 4.07. The van der Waals surface area contributed by atoms with Gasteiger partial charge in [-0.3, -0.25) is 4.79 Å². The average molecular weight is 186 g/mol. The van der Waals surface area contributed by atoms with Crippen molar-refractivity contribution in [2.75, 3.05) is 33.8 Å². The number of carbonyl (C=O) groups is 1. The quantitative estimate of drug-likeness (QED) is 0.605. The summed E-state index contributed by atoms with van der Waals surface area (Å²) >= 11 is 0. The maximum Gasteiger partial charge on any atom is 0.234 e. The molecule has 1 aliphatic rings. The monoisotopic (exact) mass is 186 g/mol. The van der Waals surface area contributed by atoms with Gasteiger partial charge in [0.25, 0.3) is 0 Å². The summed E-state index contributed by atoms with van der Waals surface area (Å²) in [6.45, 7) is 1.23. The van der Waals surface area contributed by atoms with Crippen LogP contribution in [-0.2, 0) is 4.79 Å². The molecule has 0 bridgehead atoms. The minimum Gasteiger partial charge on any atom is -0.396 e. The van der Waals surface area contributed by atoms with Crippen molar-refractivity contribution in [3.05, 3.63) is 0 Å². The van der Waals surface area contributed by atoms with Crippen LogP contribution in [0.15, 0.2) is 0 Å². The smallest absolute Gasteiger partial charge is 0.234 e. The molecule has 0 radical (unpaired) electrons. The molecule has 0 aromatic rings. The summed E-state index contributed by atoms with van der Waals surface area (Å²) < 4.78 is 0. The standard InChI is InChI=1S/C9H18N2O2/c1-11(2)5-8(13)10-6-9(7-12)3-4-9/h12H,3-7H2,1-2H3,(H,10,13). The number of hydrogen-bond acceptors (Lipinski definition) is 3. The van der Waals surface area contributed by atoms with E-state index in [1.54, 1.807) is 0 Å². The van der Waals surface area contributed by atoms with Crippen molar-refractivity contribution in [2.45, 2.75) is 12.8 Å². The molecule has 0 saturated heterocycles. The molecule has 13 heavy (non-hydrogen) atoms. The van der Waals surface area contributed by atoms with E-state index in [1.807, 2.05) is 19.0 Å². The number of nitrogens with one attached hydrogen (secondary N) is 1. The summed E-state index contributed by atoms with van der Waals surface area (Å²) in [5.41, 5.74) is 0.0158. The van der Waals surface area contributed by atoms with E-state index in [9.17, 15) is 4.79 Å². The van der Waals surface area contributed by atoms with Gasteiger partial charge in [-0.05, 0) is 26.9 Å². The molecule has 1 saturated carbocycles. The molecule has 1 aliphatic carbocycles. The van der Waals surface area contributed by atoms with Crippen molar-refractivity contribution in [1.82, 2.24) is 10.2 Å². The van der Waals surface area contributed by atoms with Gasteiger partial charge in [0.2, 0.25) is 5.91 Å². The second-order valence-electron chi connectivity index (χ2n) is 4.17. The van der Waals surface area contributed by atoms with Crippen LogP contribution in [0, 0.1) is 5.41 Å². The Hall–Kier alpha value is -0.610. The van der Waals surface area contributed by atoms with E-state index in [-0.39, 0.29) is 17.9 Å². The number of amides is 1. The van der Waals surface area contributed by atoms with Crippen LogP contribution in [0.1, 0.15) is 12.8 Å². The van der Waals surface area contributed by atoms with E-state index in [0.29, 0.717) is 13.1 Å². The van der Waals surface area contributed by atoms with Gasteiger partial charge in [0.05, 0.1) is 13.2 Å². The molecule has 0 aromatic carbocycles. The first-order chi connectivity index (χ1) is 6.08. The van der Waals surface area contributed by atoms with Crippen LogP contribution < -0.4 is 5.32 Å². The molecule has 4 nitrogen and oxygen atoms in total. The van der Waals surface area contributed by atoms with Crippen LogP contribution in [0.5, 0.6) is 0 Å². The minimum absolute atomic E-state index is 0.0158. The van der Waals surface area contributed by atoms with Gasteiger partial charge in [0, 0.05) is 12.0 Å². The maximum atomic E-state index is 11.2. The fourth-order valence-corrected chi connectivity index (χ4v) is 1.20. The van der Waals surface area contributed by atoms with E-state index in [1.165, 1.54) is 0 Å². The third-order valence-electron chi connectivity index (χ3n) is 2.41.